The molecule has 4 heteroatoms. The van der Waals surface area contributed by atoms with Crippen LogP contribution in [0.5, 0.6) is 0 Å². The molecule has 1 N–H and O–H groups in total. The number of hydrogen-bond acceptors (Lipinski definition) is 3. The van der Waals surface area contributed by atoms with Gasteiger partial charge in [0.1, 0.15) is 0 Å². The van der Waals surface area contributed by atoms with Gasteiger partial charge in [-0.15, -0.1) is 0 Å². The lowest BCUT2D eigenvalue weighted by Crippen LogP contribution is -2.34. The van der Waals surface area contributed by atoms with Gasteiger partial charge in [-0.05, 0) is 38.8 Å². The monoisotopic (exact) mass is 237 g/mol. The molecule has 1 fully saturated rings. The topological polar surface area (TPSA) is 39.1 Å². The Hall–Kier alpha value is -0.870. The van der Waals surface area contributed by atoms with E-state index in [2.05, 4.69) is 30.3 Å². The van der Waals surface area contributed by atoms with Crippen molar-refractivity contribution in [3.8, 4) is 0 Å². The second-order valence-electron chi connectivity index (χ2n) is 4.87. The number of aryl methyl sites for hydroxylation is 1. The molecule has 2 heterocycles. The summed E-state index contributed by atoms with van der Waals surface area (Å²) in [6.07, 6.45) is 5.96. The fourth-order valence-electron chi connectivity index (χ4n) is 2.49. The zero-order valence-electron chi connectivity index (χ0n) is 11.0. The van der Waals surface area contributed by atoms with E-state index in [1.54, 1.807) is 0 Å². The Kier molecular flexibility index (Phi) is 4.18. The minimum absolute atomic E-state index is 0.271. The minimum Gasteiger partial charge on any atom is -0.373 e. The molecule has 1 saturated heterocycles. The van der Waals surface area contributed by atoms with Crippen molar-refractivity contribution in [1.29, 1.82) is 0 Å². The molecule has 2 rings (SSSR count). The molecule has 1 aromatic rings. The van der Waals surface area contributed by atoms with Crippen molar-refractivity contribution < 1.29 is 4.74 Å². The number of nitrogens with zero attached hydrogens (tertiary/aromatic N) is 2. The second-order valence-corrected chi connectivity index (χ2v) is 4.87. The molecule has 0 aliphatic carbocycles. The first-order valence-corrected chi connectivity index (χ1v) is 6.59. The van der Waals surface area contributed by atoms with Crippen molar-refractivity contribution in [3.63, 3.8) is 0 Å². The Morgan fingerprint density at radius 3 is 2.94 bits per heavy atom. The molecule has 0 amide bonds. The molecule has 3 atom stereocenters. The Balaban J connectivity index is 2.10. The second kappa shape index (κ2) is 5.65. The van der Waals surface area contributed by atoms with Gasteiger partial charge in [0.25, 0.3) is 0 Å². The zero-order chi connectivity index (χ0) is 12.3. The van der Waals surface area contributed by atoms with Crippen LogP contribution in [-0.4, -0.2) is 28.5 Å². The summed E-state index contributed by atoms with van der Waals surface area (Å²) >= 11 is 0. The highest BCUT2D eigenvalue weighted by molar-refractivity contribution is 5.09. The van der Waals surface area contributed by atoms with E-state index in [9.17, 15) is 0 Å². The summed E-state index contributed by atoms with van der Waals surface area (Å²) in [6, 6.07) is 2.35. The highest BCUT2D eigenvalue weighted by atomic mass is 16.5. The molecule has 0 saturated carbocycles. The van der Waals surface area contributed by atoms with Gasteiger partial charge in [-0.25, -0.2) is 0 Å². The van der Waals surface area contributed by atoms with Crippen molar-refractivity contribution in [2.45, 2.75) is 51.4 Å². The third kappa shape index (κ3) is 2.87. The molecule has 1 aliphatic heterocycles. The normalized spacial score (nSPS) is 26.3. The maximum absolute atomic E-state index is 6.00. The summed E-state index contributed by atoms with van der Waals surface area (Å²) < 4.78 is 7.94. The predicted octanol–water partition coefficient (Wildman–Crippen LogP) is 2.03. The van der Waals surface area contributed by atoms with E-state index in [4.69, 9.17) is 4.74 Å². The number of nitrogens with one attached hydrogen (secondary N) is 1. The van der Waals surface area contributed by atoms with Gasteiger partial charge in [0, 0.05) is 13.2 Å². The standard InChI is InChI=1S/C13H23N3O/c1-4-8-14-13(11-7-9-15-16(11)3)12-6-5-10(2)17-12/h7,9-10,12-14H,4-6,8H2,1-3H3. The average Bonchev–Trinajstić information content (AvgIpc) is 2.90. The Labute approximate surface area is 103 Å². The predicted molar refractivity (Wildman–Crippen MR) is 67.8 cm³/mol. The van der Waals surface area contributed by atoms with E-state index in [-0.39, 0.29) is 12.1 Å². The van der Waals surface area contributed by atoms with Crippen molar-refractivity contribution in [2.24, 2.45) is 7.05 Å². The molecule has 4 nitrogen and oxygen atoms in total. The van der Waals surface area contributed by atoms with E-state index < -0.39 is 0 Å². The van der Waals surface area contributed by atoms with Gasteiger partial charge in [0.2, 0.25) is 0 Å². The molecule has 3 unspecified atom stereocenters. The van der Waals surface area contributed by atoms with Gasteiger partial charge in [0.15, 0.2) is 0 Å². The van der Waals surface area contributed by atoms with Crippen LogP contribution in [0.3, 0.4) is 0 Å². The SMILES string of the molecule is CCCNC(c1ccnn1C)C1CCC(C)O1. The van der Waals surface area contributed by atoms with Crippen molar-refractivity contribution in [1.82, 2.24) is 15.1 Å². The van der Waals surface area contributed by atoms with Crippen LogP contribution in [0.2, 0.25) is 0 Å². The van der Waals surface area contributed by atoms with Crippen LogP contribution in [0.15, 0.2) is 12.3 Å². The molecule has 1 aromatic heterocycles. The molecule has 17 heavy (non-hydrogen) atoms. The van der Waals surface area contributed by atoms with E-state index >= 15 is 0 Å². The maximum Gasteiger partial charge on any atom is 0.0789 e. The first-order chi connectivity index (χ1) is 8.22. The lowest BCUT2D eigenvalue weighted by Gasteiger charge is -2.25. The molecule has 0 bridgehead atoms. The lowest BCUT2D eigenvalue weighted by molar-refractivity contribution is 0.0298. The van der Waals surface area contributed by atoms with Crippen LogP contribution in [0, 0.1) is 0 Å². The van der Waals surface area contributed by atoms with E-state index in [1.807, 2.05) is 17.9 Å². The Morgan fingerprint density at radius 1 is 1.59 bits per heavy atom. The minimum atomic E-state index is 0.271. The van der Waals surface area contributed by atoms with Crippen LogP contribution in [-0.2, 0) is 11.8 Å². The number of aromatic nitrogens is 2. The van der Waals surface area contributed by atoms with E-state index in [0.717, 1.165) is 25.8 Å². The molecule has 1 aliphatic rings. The summed E-state index contributed by atoms with van der Waals surface area (Å²) in [5.41, 5.74) is 1.22. The Morgan fingerprint density at radius 2 is 2.41 bits per heavy atom. The summed E-state index contributed by atoms with van der Waals surface area (Å²) in [4.78, 5) is 0. The first-order valence-electron chi connectivity index (χ1n) is 6.59. The van der Waals surface area contributed by atoms with Crippen LogP contribution in [0.1, 0.15) is 44.8 Å². The summed E-state index contributed by atoms with van der Waals surface area (Å²) in [5.74, 6) is 0. The summed E-state index contributed by atoms with van der Waals surface area (Å²) in [7, 11) is 1.99. The van der Waals surface area contributed by atoms with Crippen LogP contribution in [0.25, 0.3) is 0 Å². The third-order valence-electron chi connectivity index (χ3n) is 3.43. The van der Waals surface area contributed by atoms with Crippen molar-refractivity contribution >= 4 is 0 Å². The average molecular weight is 237 g/mol. The molecular weight excluding hydrogens is 214 g/mol. The summed E-state index contributed by atoms with van der Waals surface area (Å²) in [6.45, 7) is 5.36. The van der Waals surface area contributed by atoms with Gasteiger partial charge in [0.05, 0.1) is 23.9 Å². The fraction of sp³-hybridized carbons (Fsp3) is 0.769. The van der Waals surface area contributed by atoms with Gasteiger partial charge < -0.3 is 10.1 Å². The lowest BCUT2D eigenvalue weighted by atomic mass is 10.0. The van der Waals surface area contributed by atoms with Crippen molar-refractivity contribution in [2.75, 3.05) is 6.54 Å². The number of ether oxygens (including phenoxy) is 1. The zero-order valence-corrected chi connectivity index (χ0v) is 11.0. The largest absolute Gasteiger partial charge is 0.373 e. The number of hydrogen-bond donors (Lipinski definition) is 1. The quantitative estimate of drug-likeness (QED) is 0.851. The molecular formula is C13H23N3O. The first kappa shape index (κ1) is 12.6. The van der Waals surface area contributed by atoms with Gasteiger partial charge >= 0.3 is 0 Å². The fourth-order valence-corrected chi connectivity index (χ4v) is 2.49. The van der Waals surface area contributed by atoms with Crippen LogP contribution >= 0.6 is 0 Å². The van der Waals surface area contributed by atoms with Gasteiger partial charge in [-0.3, -0.25) is 4.68 Å². The third-order valence-corrected chi connectivity index (χ3v) is 3.43. The molecule has 0 spiro atoms. The smallest absolute Gasteiger partial charge is 0.0789 e. The van der Waals surface area contributed by atoms with Gasteiger partial charge in [-0.1, -0.05) is 6.92 Å². The molecule has 0 aromatic carbocycles. The van der Waals surface area contributed by atoms with E-state index in [1.165, 1.54) is 5.69 Å². The highest BCUT2D eigenvalue weighted by Gasteiger charge is 2.31. The number of rotatable bonds is 5. The molecule has 0 radical (unpaired) electrons. The molecule has 96 valence electrons. The maximum atomic E-state index is 6.00. The van der Waals surface area contributed by atoms with Gasteiger partial charge in [-0.2, -0.15) is 5.10 Å². The van der Waals surface area contributed by atoms with Crippen LogP contribution in [0.4, 0.5) is 0 Å². The summed E-state index contributed by atoms with van der Waals surface area (Å²) in [5, 5.41) is 7.85. The highest BCUT2D eigenvalue weighted by Crippen LogP contribution is 2.29. The Bertz CT molecular complexity index is 350. The van der Waals surface area contributed by atoms with E-state index in [0.29, 0.717) is 6.10 Å². The van der Waals surface area contributed by atoms with Crippen molar-refractivity contribution in [3.05, 3.63) is 18.0 Å². The van der Waals surface area contributed by atoms with Crippen LogP contribution < -0.4 is 5.32 Å².